The summed E-state index contributed by atoms with van der Waals surface area (Å²) >= 11 is 5.94. The normalized spacial score (nSPS) is 12.2. The van der Waals surface area contributed by atoms with Crippen LogP contribution in [-0.2, 0) is 4.79 Å². The van der Waals surface area contributed by atoms with Crippen molar-refractivity contribution in [2.45, 2.75) is 39.7 Å². The molecule has 0 saturated carbocycles. The van der Waals surface area contributed by atoms with Gasteiger partial charge in [-0.15, -0.1) is 0 Å². The van der Waals surface area contributed by atoms with Crippen LogP contribution in [0.25, 0.3) is 0 Å². The Bertz CT molecular complexity index is 420. The Hall–Kier alpha value is -1.22. The molecule has 0 saturated heterocycles. The van der Waals surface area contributed by atoms with Crippen LogP contribution in [-0.4, -0.2) is 23.7 Å². The number of anilines is 1. The van der Waals surface area contributed by atoms with Crippen LogP contribution in [0.2, 0.25) is 5.02 Å². The van der Waals surface area contributed by atoms with Crippen molar-refractivity contribution in [2.24, 2.45) is 0 Å². The maximum atomic E-state index is 11.3. The average Bonchev–Trinajstić information content (AvgIpc) is 2.28. The molecule has 0 aromatic heterocycles. The quantitative estimate of drug-likeness (QED) is 0.855. The van der Waals surface area contributed by atoms with E-state index in [4.69, 9.17) is 11.6 Å². The molecule has 0 amide bonds. The number of hydrogen-bond donors (Lipinski definition) is 1. The molecule has 0 bridgehead atoms. The van der Waals surface area contributed by atoms with Gasteiger partial charge in [0.25, 0.3) is 0 Å². The smallest absolute Gasteiger partial charge is 0.326 e. The van der Waals surface area contributed by atoms with Crippen LogP contribution in [0.5, 0.6) is 0 Å². The molecule has 1 aromatic rings. The third-order valence-corrected chi connectivity index (χ3v) is 3.22. The van der Waals surface area contributed by atoms with Crippen LogP contribution >= 0.6 is 11.6 Å². The number of carboxylic acids is 1. The fourth-order valence-corrected chi connectivity index (χ4v) is 2.38. The van der Waals surface area contributed by atoms with Crippen molar-refractivity contribution >= 4 is 23.3 Å². The SMILES string of the molecule is CCCN(c1ccc(Cl)cc1C)[C@@H](CC)C(=O)O. The second-order valence-corrected chi connectivity index (χ2v) is 4.82. The number of aryl methyl sites for hydroxylation is 1. The minimum absolute atomic E-state index is 0.482. The largest absolute Gasteiger partial charge is 0.480 e. The molecule has 0 fully saturated rings. The van der Waals surface area contributed by atoms with E-state index in [1.807, 2.05) is 37.8 Å². The minimum atomic E-state index is -0.777. The summed E-state index contributed by atoms with van der Waals surface area (Å²) in [4.78, 5) is 13.3. The Kier molecular flexibility index (Phi) is 5.48. The van der Waals surface area contributed by atoms with E-state index in [0.29, 0.717) is 11.4 Å². The van der Waals surface area contributed by atoms with Crippen LogP contribution < -0.4 is 4.90 Å². The molecule has 4 heteroatoms. The molecule has 100 valence electrons. The van der Waals surface area contributed by atoms with Crippen LogP contribution in [0.1, 0.15) is 32.3 Å². The van der Waals surface area contributed by atoms with Crippen molar-refractivity contribution in [1.29, 1.82) is 0 Å². The first-order valence-electron chi connectivity index (χ1n) is 6.26. The van der Waals surface area contributed by atoms with E-state index < -0.39 is 12.0 Å². The van der Waals surface area contributed by atoms with Gasteiger partial charge in [0.15, 0.2) is 0 Å². The van der Waals surface area contributed by atoms with E-state index >= 15 is 0 Å². The molecule has 0 aliphatic rings. The number of hydrogen-bond acceptors (Lipinski definition) is 2. The van der Waals surface area contributed by atoms with Gasteiger partial charge in [-0.1, -0.05) is 25.4 Å². The molecule has 1 rings (SSSR count). The summed E-state index contributed by atoms with van der Waals surface area (Å²) in [5.41, 5.74) is 1.96. The molecule has 0 radical (unpaired) electrons. The first kappa shape index (κ1) is 14.8. The highest BCUT2D eigenvalue weighted by Crippen LogP contribution is 2.26. The Morgan fingerprint density at radius 3 is 2.56 bits per heavy atom. The van der Waals surface area contributed by atoms with Crippen molar-refractivity contribution in [3.05, 3.63) is 28.8 Å². The monoisotopic (exact) mass is 269 g/mol. The maximum absolute atomic E-state index is 11.3. The number of nitrogens with zero attached hydrogens (tertiary/aromatic N) is 1. The van der Waals surface area contributed by atoms with Gasteiger partial charge in [-0.3, -0.25) is 0 Å². The standard InChI is InChI=1S/C14H20ClNO2/c1-4-8-16(12(5-2)14(17)18)13-7-6-11(15)9-10(13)3/h6-7,9,12H,4-5,8H2,1-3H3,(H,17,18)/t12-/m0/s1. The lowest BCUT2D eigenvalue weighted by molar-refractivity contribution is -0.138. The molecular formula is C14H20ClNO2. The molecule has 1 atom stereocenters. The van der Waals surface area contributed by atoms with Crippen molar-refractivity contribution in [1.82, 2.24) is 0 Å². The number of halogens is 1. The fraction of sp³-hybridized carbons (Fsp3) is 0.500. The molecule has 1 N–H and O–H groups in total. The Morgan fingerprint density at radius 1 is 1.44 bits per heavy atom. The number of benzene rings is 1. The number of rotatable bonds is 6. The lowest BCUT2D eigenvalue weighted by atomic mass is 10.1. The summed E-state index contributed by atoms with van der Waals surface area (Å²) in [5, 5.41) is 9.99. The molecule has 0 heterocycles. The third-order valence-electron chi connectivity index (χ3n) is 2.98. The van der Waals surface area contributed by atoms with E-state index in [0.717, 1.165) is 24.2 Å². The van der Waals surface area contributed by atoms with Gasteiger partial charge >= 0.3 is 5.97 Å². The second-order valence-electron chi connectivity index (χ2n) is 4.39. The van der Waals surface area contributed by atoms with E-state index in [-0.39, 0.29) is 0 Å². The van der Waals surface area contributed by atoms with Crippen LogP contribution in [0.3, 0.4) is 0 Å². The van der Waals surface area contributed by atoms with Gasteiger partial charge in [-0.05, 0) is 43.5 Å². The summed E-state index contributed by atoms with van der Waals surface area (Å²) in [5.74, 6) is -0.777. The Labute approximate surface area is 113 Å². The van der Waals surface area contributed by atoms with E-state index in [1.165, 1.54) is 0 Å². The molecule has 0 spiro atoms. The fourth-order valence-electron chi connectivity index (χ4n) is 2.15. The molecule has 18 heavy (non-hydrogen) atoms. The predicted octanol–water partition coefficient (Wildman–Crippen LogP) is 3.73. The first-order chi connectivity index (χ1) is 8.51. The zero-order chi connectivity index (χ0) is 13.7. The van der Waals surface area contributed by atoms with Crippen LogP contribution in [0.15, 0.2) is 18.2 Å². The van der Waals surface area contributed by atoms with Crippen molar-refractivity contribution < 1.29 is 9.90 Å². The summed E-state index contributed by atoms with van der Waals surface area (Å²) in [7, 11) is 0. The van der Waals surface area contributed by atoms with Crippen molar-refractivity contribution in [2.75, 3.05) is 11.4 Å². The molecular weight excluding hydrogens is 250 g/mol. The molecule has 1 aromatic carbocycles. The zero-order valence-electron chi connectivity index (χ0n) is 11.1. The zero-order valence-corrected chi connectivity index (χ0v) is 11.9. The molecule has 0 unspecified atom stereocenters. The van der Waals surface area contributed by atoms with E-state index in [1.54, 1.807) is 6.07 Å². The molecule has 3 nitrogen and oxygen atoms in total. The first-order valence-corrected chi connectivity index (χ1v) is 6.64. The number of carbonyl (C=O) groups is 1. The highest BCUT2D eigenvalue weighted by molar-refractivity contribution is 6.30. The van der Waals surface area contributed by atoms with Gasteiger partial charge in [0.1, 0.15) is 6.04 Å². The Balaban J connectivity index is 3.14. The highest BCUT2D eigenvalue weighted by atomic mass is 35.5. The topological polar surface area (TPSA) is 40.5 Å². The molecule has 0 aliphatic heterocycles. The van der Waals surface area contributed by atoms with Gasteiger partial charge < -0.3 is 10.0 Å². The van der Waals surface area contributed by atoms with Gasteiger partial charge in [0.05, 0.1) is 0 Å². The lowest BCUT2D eigenvalue weighted by Gasteiger charge is -2.31. The van der Waals surface area contributed by atoms with Gasteiger partial charge in [-0.25, -0.2) is 4.79 Å². The van der Waals surface area contributed by atoms with Crippen molar-refractivity contribution in [3.8, 4) is 0 Å². The highest BCUT2D eigenvalue weighted by Gasteiger charge is 2.24. The van der Waals surface area contributed by atoms with Gasteiger partial charge in [0.2, 0.25) is 0 Å². The molecule has 0 aliphatic carbocycles. The predicted molar refractivity (Wildman–Crippen MR) is 75.5 cm³/mol. The van der Waals surface area contributed by atoms with E-state index in [9.17, 15) is 9.90 Å². The Morgan fingerprint density at radius 2 is 2.11 bits per heavy atom. The summed E-state index contributed by atoms with van der Waals surface area (Å²) in [6, 6.07) is 5.10. The third kappa shape index (κ3) is 3.39. The average molecular weight is 270 g/mol. The summed E-state index contributed by atoms with van der Waals surface area (Å²) in [6.45, 7) is 6.63. The van der Waals surface area contributed by atoms with Crippen LogP contribution in [0, 0.1) is 6.92 Å². The summed E-state index contributed by atoms with van der Waals surface area (Å²) < 4.78 is 0. The number of aliphatic carboxylic acids is 1. The maximum Gasteiger partial charge on any atom is 0.326 e. The lowest BCUT2D eigenvalue weighted by Crippen LogP contribution is -2.41. The van der Waals surface area contributed by atoms with Gasteiger partial charge in [0, 0.05) is 17.3 Å². The summed E-state index contributed by atoms with van der Waals surface area (Å²) in [6.07, 6.45) is 1.49. The van der Waals surface area contributed by atoms with Crippen LogP contribution in [0.4, 0.5) is 5.69 Å². The second kappa shape index (κ2) is 6.64. The van der Waals surface area contributed by atoms with E-state index in [2.05, 4.69) is 0 Å². The van der Waals surface area contributed by atoms with Crippen molar-refractivity contribution in [3.63, 3.8) is 0 Å². The number of carboxylic acid groups (broad SMARTS) is 1. The minimum Gasteiger partial charge on any atom is -0.480 e. The van der Waals surface area contributed by atoms with Gasteiger partial charge in [-0.2, -0.15) is 0 Å².